The maximum absolute atomic E-state index is 13.2. The first-order valence-electron chi connectivity index (χ1n) is 9.20. The fraction of sp³-hybridized carbons (Fsp3) is 0.286. The highest BCUT2D eigenvalue weighted by molar-refractivity contribution is 5.98. The first-order chi connectivity index (χ1) is 14.0. The fourth-order valence-corrected chi connectivity index (χ4v) is 3.25. The van der Waals surface area contributed by atoms with Gasteiger partial charge in [0.2, 0.25) is 0 Å². The van der Waals surface area contributed by atoms with Gasteiger partial charge in [0.15, 0.2) is 0 Å². The zero-order chi connectivity index (χ0) is 20.5. The third-order valence-electron chi connectivity index (χ3n) is 4.95. The normalized spacial score (nSPS) is 13.7. The number of benzene rings is 1. The largest absolute Gasteiger partial charge is 0.494 e. The molecule has 1 N–H and O–H groups in total. The average molecular weight is 399 g/mol. The van der Waals surface area contributed by atoms with Crippen molar-refractivity contribution in [1.82, 2.24) is 14.8 Å². The van der Waals surface area contributed by atoms with Gasteiger partial charge in [-0.05, 0) is 43.0 Å². The lowest BCUT2D eigenvalue weighted by Crippen LogP contribution is -2.03. The van der Waals surface area contributed by atoms with Crippen molar-refractivity contribution in [2.45, 2.75) is 25.8 Å². The van der Waals surface area contributed by atoms with Gasteiger partial charge >= 0.3 is 5.97 Å². The number of hydrogen-bond acceptors (Lipinski definition) is 4. The zero-order valence-electron chi connectivity index (χ0n) is 15.7. The summed E-state index contributed by atoms with van der Waals surface area (Å²) >= 11 is 0. The molecule has 8 heteroatoms. The Labute approximate surface area is 165 Å². The van der Waals surface area contributed by atoms with E-state index in [4.69, 9.17) is 4.74 Å². The lowest BCUT2D eigenvalue weighted by Gasteiger charge is -2.13. The number of methoxy groups -OCH3 is 1. The molecule has 1 aliphatic rings. The number of aromatic nitrogens is 3. The molecule has 0 unspecified atom stereocenters. The molecular weight excluding hydrogens is 380 g/mol. The summed E-state index contributed by atoms with van der Waals surface area (Å²) in [7, 11) is 1.38. The van der Waals surface area contributed by atoms with Crippen molar-refractivity contribution < 1.29 is 23.4 Å². The minimum absolute atomic E-state index is 0.0177. The van der Waals surface area contributed by atoms with Crippen LogP contribution in [0.3, 0.4) is 0 Å². The Morgan fingerprint density at radius 2 is 2.07 bits per heavy atom. The Balaban J connectivity index is 1.81. The summed E-state index contributed by atoms with van der Waals surface area (Å²) in [6.45, 7) is 0.857. The summed E-state index contributed by atoms with van der Waals surface area (Å²) in [5.74, 6) is -0.280. The number of alkyl halides is 2. The topological polar surface area (TPSA) is 77.2 Å². The molecule has 0 bridgehead atoms. The maximum Gasteiger partial charge on any atom is 0.336 e. The molecule has 2 heterocycles. The molecule has 0 amide bonds. The number of pyridine rings is 1. The van der Waals surface area contributed by atoms with E-state index in [1.54, 1.807) is 12.1 Å². The van der Waals surface area contributed by atoms with E-state index in [0.29, 0.717) is 17.2 Å². The number of carbonyl (C=O) groups is 1. The Morgan fingerprint density at radius 3 is 2.72 bits per heavy atom. The van der Waals surface area contributed by atoms with E-state index in [1.165, 1.54) is 38.3 Å². The van der Waals surface area contributed by atoms with E-state index in [9.17, 15) is 18.7 Å². The predicted octanol–water partition coefficient (Wildman–Crippen LogP) is 4.67. The molecule has 29 heavy (non-hydrogen) atoms. The van der Waals surface area contributed by atoms with Crippen LogP contribution in [0.15, 0.2) is 42.7 Å². The highest BCUT2D eigenvalue weighted by Crippen LogP contribution is 2.37. The Hall–Kier alpha value is -3.29. The second-order valence-electron chi connectivity index (χ2n) is 7.04. The summed E-state index contributed by atoms with van der Waals surface area (Å²) in [5.41, 5.74) is 1.43. The van der Waals surface area contributed by atoms with Gasteiger partial charge in [0.1, 0.15) is 11.4 Å². The van der Waals surface area contributed by atoms with E-state index in [-0.39, 0.29) is 22.4 Å². The summed E-state index contributed by atoms with van der Waals surface area (Å²) in [5, 5.41) is 14.2. The van der Waals surface area contributed by atoms with Gasteiger partial charge in [0.25, 0.3) is 6.43 Å². The molecule has 6 nitrogen and oxygen atoms in total. The first-order valence-corrected chi connectivity index (χ1v) is 9.20. The molecule has 0 spiro atoms. The van der Waals surface area contributed by atoms with Crippen LogP contribution in [0.5, 0.6) is 5.75 Å². The van der Waals surface area contributed by atoms with Gasteiger partial charge in [0.05, 0.1) is 24.6 Å². The molecule has 4 rings (SSSR count). The van der Waals surface area contributed by atoms with Gasteiger partial charge in [0, 0.05) is 29.4 Å². The van der Waals surface area contributed by atoms with Gasteiger partial charge in [-0.25, -0.2) is 13.6 Å². The van der Waals surface area contributed by atoms with Crippen molar-refractivity contribution in [2.24, 2.45) is 5.92 Å². The molecule has 0 atom stereocenters. The van der Waals surface area contributed by atoms with E-state index < -0.39 is 18.1 Å². The van der Waals surface area contributed by atoms with Crippen LogP contribution in [0.1, 0.15) is 35.3 Å². The van der Waals surface area contributed by atoms with Crippen LogP contribution in [0.4, 0.5) is 8.78 Å². The first kappa shape index (κ1) is 19.0. The van der Waals surface area contributed by atoms with Gasteiger partial charge in [-0.15, -0.1) is 0 Å². The average Bonchev–Trinajstić information content (AvgIpc) is 3.41. The van der Waals surface area contributed by atoms with Crippen LogP contribution in [-0.4, -0.2) is 33.0 Å². The molecule has 3 aromatic rings. The maximum atomic E-state index is 13.2. The number of ether oxygens (including phenoxy) is 1. The van der Waals surface area contributed by atoms with Gasteiger partial charge < -0.3 is 9.84 Å². The summed E-state index contributed by atoms with van der Waals surface area (Å²) in [6.07, 6.45) is 2.70. The summed E-state index contributed by atoms with van der Waals surface area (Å²) < 4.78 is 33.5. The number of carboxylic acids is 1. The minimum Gasteiger partial charge on any atom is -0.494 e. The van der Waals surface area contributed by atoms with Crippen LogP contribution < -0.4 is 4.74 Å². The van der Waals surface area contributed by atoms with Crippen molar-refractivity contribution in [3.8, 4) is 28.1 Å². The molecular formula is C21H19F2N3O3. The van der Waals surface area contributed by atoms with E-state index >= 15 is 0 Å². The highest BCUT2D eigenvalue weighted by Gasteiger charge is 2.23. The molecule has 1 fully saturated rings. The standard InChI is InChI=1S/C21H19F2N3O3/c1-29-19-10-24-18(20(22)23)9-16(19)15-8-13(4-5-14(15)21(27)28)17-6-7-26(25-17)11-12-2-3-12/h4-10,12,20H,2-3,11H2,1H3,(H,27,28). The highest BCUT2D eigenvalue weighted by atomic mass is 19.3. The van der Waals surface area contributed by atoms with Crippen molar-refractivity contribution >= 4 is 5.97 Å². The number of rotatable bonds is 7. The van der Waals surface area contributed by atoms with Crippen LogP contribution in [0.2, 0.25) is 0 Å². The molecule has 2 aromatic heterocycles. The Kier molecular flexibility index (Phi) is 5.00. The van der Waals surface area contributed by atoms with Crippen molar-refractivity contribution in [3.05, 3.63) is 54.0 Å². The molecule has 1 saturated carbocycles. The SMILES string of the molecule is COc1cnc(C(F)F)cc1-c1cc(-c2ccn(CC3CC3)n2)ccc1C(=O)O. The van der Waals surface area contributed by atoms with E-state index in [0.717, 1.165) is 6.54 Å². The number of halogens is 2. The number of carboxylic acid groups (broad SMARTS) is 1. The Bertz CT molecular complexity index is 1060. The molecule has 0 saturated heterocycles. The quantitative estimate of drug-likeness (QED) is 0.625. The van der Waals surface area contributed by atoms with Crippen LogP contribution >= 0.6 is 0 Å². The molecule has 150 valence electrons. The predicted molar refractivity (Wildman–Crippen MR) is 102 cm³/mol. The van der Waals surface area contributed by atoms with Crippen molar-refractivity contribution in [3.63, 3.8) is 0 Å². The number of nitrogens with zero attached hydrogens (tertiary/aromatic N) is 3. The third kappa shape index (κ3) is 3.96. The monoisotopic (exact) mass is 399 g/mol. The van der Waals surface area contributed by atoms with Crippen molar-refractivity contribution in [2.75, 3.05) is 7.11 Å². The lowest BCUT2D eigenvalue weighted by atomic mass is 9.95. The van der Waals surface area contributed by atoms with Crippen LogP contribution in [-0.2, 0) is 6.54 Å². The number of hydrogen-bond donors (Lipinski definition) is 1. The second-order valence-corrected chi connectivity index (χ2v) is 7.04. The fourth-order valence-electron chi connectivity index (χ4n) is 3.25. The van der Waals surface area contributed by atoms with Gasteiger partial charge in [-0.1, -0.05) is 6.07 Å². The molecule has 0 radical (unpaired) electrons. The van der Waals surface area contributed by atoms with Crippen LogP contribution in [0, 0.1) is 5.92 Å². The smallest absolute Gasteiger partial charge is 0.336 e. The van der Waals surface area contributed by atoms with E-state index in [1.807, 2.05) is 16.9 Å². The second kappa shape index (κ2) is 7.62. The molecule has 0 aliphatic heterocycles. The van der Waals surface area contributed by atoms with Crippen molar-refractivity contribution in [1.29, 1.82) is 0 Å². The van der Waals surface area contributed by atoms with Crippen LogP contribution in [0.25, 0.3) is 22.4 Å². The molecule has 1 aliphatic carbocycles. The summed E-state index contributed by atoms with van der Waals surface area (Å²) in [6, 6.07) is 7.78. The summed E-state index contributed by atoms with van der Waals surface area (Å²) in [4.78, 5) is 15.5. The van der Waals surface area contributed by atoms with Gasteiger partial charge in [-0.2, -0.15) is 5.10 Å². The lowest BCUT2D eigenvalue weighted by molar-refractivity contribution is 0.0697. The third-order valence-corrected chi connectivity index (χ3v) is 4.95. The van der Waals surface area contributed by atoms with E-state index in [2.05, 4.69) is 10.1 Å². The Morgan fingerprint density at radius 1 is 1.28 bits per heavy atom. The minimum atomic E-state index is -2.78. The molecule has 1 aromatic carbocycles. The number of aromatic carboxylic acids is 1. The van der Waals surface area contributed by atoms with Gasteiger partial charge in [-0.3, -0.25) is 9.67 Å². The zero-order valence-corrected chi connectivity index (χ0v) is 15.7.